The van der Waals surface area contributed by atoms with Crippen molar-refractivity contribution in [2.75, 3.05) is 0 Å². The molecule has 1 heterocycles. The Labute approximate surface area is 111 Å². The molecule has 0 radical (unpaired) electrons. The van der Waals surface area contributed by atoms with E-state index in [-0.39, 0.29) is 0 Å². The lowest BCUT2D eigenvalue weighted by atomic mass is 9.82. The van der Waals surface area contributed by atoms with Crippen molar-refractivity contribution in [1.29, 1.82) is 0 Å². The number of hydrogen-bond acceptors (Lipinski definition) is 0. The fraction of sp³-hybridized carbons (Fsp3) is 0.688. The lowest BCUT2D eigenvalue weighted by Crippen LogP contribution is -2.35. The molecule has 0 bridgehead atoms. The van der Waals surface area contributed by atoms with Crippen molar-refractivity contribution in [2.45, 2.75) is 64.6 Å². The van der Waals surface area contributed by atoms with Crippen LogP contribution in [0.15, 0.2) is 12.3 Å². The predicted octanol–water partition coefficient (Wildman–Crippen LogP) is 3.99. The first-order valence-electron chi connectivity index (χ1n) is 8.70. The van der Waals surface area contributed by atoms with Crippen molar-refractivity contribution in [1.82, 2.24) is 0 Å². The topological polar surface area (TPSA) is 3.88 Å². The quantitative estimate of drug-likeness (QED) is 0.684. The molecule has 1 aromatic heterocycles. The molecule has 1 heteroatoms. The van der Waals surface area contributed by atoms with Gasteiger partial charge in [-0.1, -0.05) is 33.1 Å². The van der Waals surface area contributed by atoms with Crippen LogP contribution in [0, 0.1) is 6.85 Å². The Kier molecular flexibility index (Phi) is 2.54. The van der Waals surface area contributed by atoms with E-state index in [1.165, 1.54) is 0 Å². The zero-order valence-corrected chi connectivity index (χ0v) is 11.2. The fourth-order valence-corrected chi connectivity index (χ4v) is 2.78. The third-order valence-corrected chi connectivity index (χ3v) is 3.74. The van der Waals surface area contributed by atoms with Gasteiger partial charge in [0, 0.05) is 23.0 Å². The Hall–Kier alpha value is -0.850. The Morgan fingerprint density at radius 2 is 2.06 bits per heavy atom. The molecule has 1 fully saturated rings. The molecule has 1 nitrogen and oxygen atoms in total. The number of rotatable bonds is 2. The van der Waals surface area contributed by atoms with Crippen LogP contribution in [-0.2, 0) is 7.05 Å². The number of aryl methyl sites for hydroxylation is 2. The van der Waals surface area contributed by atoms with Gasteiger partial charge in [-0.2, -0.15) is 0 Å². The summed E-state index contributed by atoms with van der Waals surface area (Å²) in [6.45, 7) is 2.05. The average molecular weight is 236 g/mol. The zero-order valence-electron chi connectivity index (χ0n) is 15.2. The maximum absolute atomic E-state index is 8.83. The van der Waals surface area contributed by atoms with E-state index < -0.39 is 12.7 Å². The molecule has 0 N–H and O–H groups in total. The van der Waals surface area contributed by atoms with Gasteiger partial charge in [0.15, 0.2) is 11.9 Å². The van der Waals surface area contributed by atoms with Crippen molar-refractivity contribution in [2.24, 2.45) is 7.05 Å². The molecule has 94 valence electrons. The second-order valence-corrected chi connectivity index (χ2v) is 5.46. The smallest absolute Gasteiger partial charge is 0.183 e. The molecule has 0 aromatic carbocycles. The van der Waals surface area contributed by atoms with Crippen LogP contribution in [0.2, 0.25) is 0 Å². The summed E-state index contributed by atoms with van der Waals surface area (Å²) in [5.41, 5.74) is 2.17. The van der Waals surface area contributed by atoms with Gasteiger partial charge in [0.25, 0.3) is 0 Å². The number of pyridine rings is 1. The molecule has 0 aliphatic heterocycles. The van der Waals surface area contributed by atoms with Gasteiger partial charge >= 0.3 is 0 Å². The van der Waals surface area contributed by atoms with Crippen molar-refractivity contribution in [3.8, 4) is 0 Å². The van der Waals surface area contributed by atoms with Crippen LogP contribution < -0.4 is 4.57 Å². The fourth-order valence-electron chi connectivity index (χ4n) is 2.78. The first-order chi connectivity index (χ1) is 9.65. The largest absolute Gasteiger partial charge is 0.205 e. The molecule has 1 saturated carbocycles. The van der Waals surface area contributed by atoms with E-state index in [9.17, 15) is 0 Å². The minimum absolute atomic E-state index is 0.312. The van der Waals surface area contributed by atoms with E-state index in [2.05, 4.69) is 13.8 Å². The molecular formula is C16H26N+. The number of nitrogens with zero attached hydrogens (tertiary/aromatic N) is 1. The van der Waals surface area contributed by atoms with Crippen LogP contribution in [0.5, 0.6) is 0 Å². The third-order valence-electron chi connectivity index (χ3n) is 3.74. The van der Waals surface area contributed by atoms with Crippen molar-refractivity contribution >= 4 is 0 Å². The summed E-state index contributed by atoms with van der Waals surface area (Å²) in [5.74, 6) is -0.425. The minimum Gasteiger partial charge on any atom is -0.205 e. The van der Waals surface area contributed by atoms with E-state index in [4.69, 9.17) is 5.48 Å². The first-order valence-corrected chi connectivity index (χ1v) is 6.70. The highest BCUT2D eigenvalue weighted by molar-refractivity contribution is 5.27. The Balaban J connectivity index is 2.63. The maximum atomic E-state index is 8.83. The van der Waals surface area contributed by atoms with Crippen LogP contribution in [0.3, 0.4) is 0 Å². The normalized spacial score (nSPS) is 23.8. The standard InChI is InChI=1S/C16H26N/c1-12(2)16-10-15(13(3)11-17(16)4)14-8-6-5-7-9-14/h10-12,14H,5-9H2,1-4H3/q+1/i3D3,14D. The molecule has 0 spiro atoms. The van der Waals surface area contributed by atoms with Crippen molar-refractivity contribution < 1.29 is 10.1 Å². The molecular weight excluding hydrogens is 206 g/mol. The van der Waals surface area contributed by atoms with Gasteiger partial charge in [-0.3, -0.25) is 0 Å². The van der Waals surface area contributed by atoms with E-state index in [1.54, 1.807) is 6.20 Å². The Morgan fingerprint density at radius 3 is 2.65 bits per heavy atom. The first kappa shape index (κ1) is 8.29. The summed E-state index contributed by atoms with van der Waals surface area (Å²) >= 11 is 0. The lowest BCUT2D eigenvalue weighted by molar-refractivity contribution is -0.680. The van der Waals surface area contributed by atoms with Gasteiger partial charge in [0.2, 0.25) is 0 Å². The molecule has 1 aliphatic rings. The summed E-state index contributed by atoms with van der Waals surface area (Å²) in [6, 6.07) is 1.98. The molecule has 17 heavy (non-hydrogen) atoms. The van der Waals surface area contributed by atoms with E-state index in [0.717, 1.165) is 43.4 Å². The molecule has 1 aliphatic carbocycles. The van der Waals surface area contributed by atoms with Crippen LogP contribution in [0.1, 0.15) is 80.1 Å². The second kappa shape index (κ2) is 5.20. The highest BCUT2D eigenvalue weighted by Gasteiger charge is 2.22. The second-order valence-electron chi connectivity index (χ2n) is 5.46. The van der Waals surface area contributed by atoms with Gasteiger partial charge in [0.1, 0.15) is 7.05 Å². The lowest BCUT2D eigenvalue weighted by Gasteiger charge is -2.23. The van der Waals surface area contributed by atoms with Crippen molar-refractivity contribution in [3.05, 3.63) is 29.1 Å². The van der Waals surface area contributed by atoms with Gasteiger partial charge in [0.05, 0.1) is 0 Å². The molecule has 1 aromatic rings. The Morgan fingerprint density at radius 1 is 1.35 bits per heavy atom. The van der Waals surface area contributed by atoms with Crippen LogP contribution in [-0.4, -0.2) is 0 Å². The SMILES string of the molecule is [2H]C([2H])([2H])c1c[n+](C)c(C(C)C)cc1C1([2H])CCCCC1. The molecule has 0 saturated heterocycles. The molecule has 0 unspecified atom stereocenters. The van der Waals surface area contributed by atoms with Crippen LogP contribution in [0.4, 0.5) is 0 Å². The van der Waals surface area contributed by atoms with E-state index in [1.807, 2.05) is 17.7 Å². The van der Waals surface area contributed by atoms with Crippen molar-refractivity contribution in [3.63, 3.8) is 0 Å². The number of aromatic nitrogens is 1. The summed E-state index contributed by atoms with van der Waals surface area (Å²) < 4.78 is 34.2. The predicted molar refractivity (Wildman–Crippen MR) is 72.3 cm³/mol. The minimum atomic E-state index is -2.16. The van der Waals surface area contributed by atoms with E-state index in [0.29, 0.717) is 11.5 Å². The highest BCUT2D eigenvalue weighted by atomic mass is 14.9. The summed E-state index contributed by atoms with van der Waals surface area (Å²) in [4.78, 5) is 0. The maximum Gasteiger partial charge on any atom is 0.183 e. The molecule has 2 rings (SSSR count). The van der Waals surface area contributed by atoms with Crippen LogP contribution in [0.25, 0.3) is 0 Å². The summed E-state index contributed by atoms with van der Waals surface area (Å²) in [7, 11) is 1.89. The van der Waals surface area contributed by atoms with Gasteiger partial charge in [-0.25, -0.2) is 4.57 Å². The van der Waals surface area contributed by atoms with E-state index >= 15 is 0 Å². The summed E-state index contributed by atoms with van der Waals surface area (Å²) in [5, 5.41) is 0. The highest BCUT2D eigenvalue weighted by Crippen LogP contribution is 2.34. The van der Waals surface area contributed by atoms with Crippen LogP contribution >= 0.6 is 0 Å². The number of hydrogen-bond donors (Lipinski definition) is 0. The van der Waals surface area contributed by atoms with Gasteiger partial charge < -0.3 is 0 Å². The summed E-state index contributed by atoms with van der Waals surface area (Å²) in [6.07, 6.45) is 6.44. The average Bonchev–Trinajstić information content (AvgIpc) is 2.37. The third kappa shape index (κ3) is 2.70. The van der Waals surface area contributed by atoms with Gasteiger partial charge in [-0.15, -0.1) is 0 Å². The Bertz CT molecular complexity index is 514. The monoisotopic (exact) mass is 236 g/mol. The molecule has 0 atom stereocenters. The molecule has 0 amide bonds. The zero-order chi connectivity index (χ0) is 15.8. The van der Waals surface area contributed by atoms with Gasteiger partial charge in [-0.05, 0) is 31.2 Å².